The molecule has 6 nitrogen and oxygen atoms in total. The van der Waals surface area contributed by atoms with Crippen LogP contribution in [0.5, 0.6) is 11.5 Å². The second kappa shape index (κ2) is 7.35. The van der Waals surface area contributed by atoms with Gasteiger partial charge in [-0.2, -0.15) is 0 Å². The number of amides is 1. The fourth-order valence-electron chi connectivity index (χ4n) is 3.02. The third-order valence-corrected chi connectivity index (χ3v) is 4.29. The number of hydrogen-bond donors (Lipinski definition) is 1. The summed E-state index contributed by atoms with van der Waals surface area (Å²) in [6.45, 7) is 2.62. The van der Waals surface area contributed by atoms with Crippen LogP contribution in [-0.2, 0) is 16.0 Å². The number of benzene rings is 1. The quantitative estimate of drug-likeness (QED) is 0.870. The maximum atomic E-state index is 12.4. The van der Waals surface area contributed by atoms with Gasteiger partial charge in [0.15, 0.2) is 11.5 Å². The molecule has 1 aromatic rings. The molecule has 0 saturated carbocycles. The molecule has 6 heteroatoms. The lowest BCUT2D eigenvalue weighted by atomic mass is 9.92. The van der Waals surface area contributed by atoms with Gasteiger partial charge < -0.3 is 19.5 Å². The highest BCUT2D eigenvalue weighted by Crippen LogP contribution is 2.38. The molecule has 126 valence electrons. The van der Waals surface area contributed by atoms with Gasteiger partial charge in [0.25, 0.3) is 0 Å². The Morgan fingerprint density at radius 3 is 2.48 bits per heavy atom. The maximum Gasteiger partial charge on any atom is 0.303 e. The maximum absolute atomic E-state index is 12.4. The van der Waals surface area contributed by atoms with Crippen LogP contribution in [-0.4, -0.2) is 42.6 Å². The Balaban J connectivity index is 2.15. The monoisotopic (exact) mass is 321 g/mol. The van der Waals surface area contributed by atoms with Crippen molar-refractivity contribution in [2.75, 3.05) is 20.8 Å². The highest BCUT2D eigenvalue weighted by atomic mass is 16.5. The summed E-state index contributed by atoms with van der Waals surface area (Å²) in [6.07, 6.45) is 1.41. The molecule has 1 atom stereocenters. The van der Waals surface area contributed by atoms with Gasteiger partial charge in [-0.1, -0.05) is 0 Å². The number of carboxylic acids is 1. The van der Waals surface area contributed by atoms with E-state index in [4.69, 9.17) is 14.6 Å². The van der Waals surface area contributed by atoms with Crippen molar-refractivity contribution in [1.82, 2.24) is 4.90 Å². The molecule has 0 radical (unpaired) electrons. The molecule has 1 N–H and O–H groups in total. The van der Waals surface area contributed by atoms with Crippen LogP contribution in [0, 0.1) is 0 Å². The van der Waals surface area contributed by atoms with Crippen LogP contribution in [0.4, 0.5) is 0 Å². The number of rotatable bonds is 6. The van der Waals surface area contributed by atoms with E-state index in [0.29, 0.717) is 24.5 Å². The first kappa shape index (κ1) is 17.1. The fraction of sp³-hybridized carbons (Fsp3) is 0.529. The molecule has 23 heavy (non-hydrogen) atoms. The van der Waals surface area contributed by atoms with Crippen LogP contribution >= 0.6 is 0 Å². The second-order valence-corrected chi connectivity index (χ2v) is 5.67. The number of carbonyl (C=O) groups excluding carboxylic acids is 1. The van der Waals surface area contributed by atoms with Gasteiger partial charge in [-0.3, -0.25) is 9.59 Å². The normalized spacial score (nSPS) is 16.7. The highest BCUT2D eigenvalue weighted by Gasteiger charge is 2.28. The number of nitrogens with zero attached hydrogens (tertiary/aromatic N) is 1. The van der Waals surface area contributed by atoms with Crippen LogP contribution < -0.4 is 9.47 Å². The lowest BCUT2D eigenvalue weighted by Gasteiger charge is -2.36. The molecule has 1 aromatic carbocycles. The minimum atomic E-state index is -0.869. The van der Waals surface area contributed by atoms with Crippen LogP contribution in [0.2, 0.25) is 0 Å². The molecule has 0 fully saturated rings. The summed E-state index contributed by atoms with van der Waals surface area (Å²) >= 11 is 0. The smallest absolute Gasteiger partial charge is 0.303 e. The number of methoxy groups -OCH3 is 2. The molecule has 2 rings (SSSR count). The molecule has 1 amide bonds. The lowest BCUT2D eigenvalue weighted by molar-refractivity contribution is -0.137. The Morgan fingerprint density at radius 2 is 1.87 bits per heavy atom. The summed E-state index contributed by atoms with van der Waals surface area (Å²) in [5.74, 6) is 0.476. The average Bonchev–Trinajstić information content (AvgIpc) is 2.53. The standard InChI is InChI=1S/C17H23NO5/c1-11-13-10-15(23-3)14(22-2)9-12(13)7-8-18(11)16(19)5-4-6-17(20)21/h9-11H,4-8H2,1-3H3,(H,20,21). The van der Waals surface area contributed by atoms with Gasteiger partial charge in [0.1, 0.15) is 0 Å². The van der Waals surface area contributed by atoms with Crippen LogP contribution in [0.1, 0.15) is 43.4 Å². The molecule has 0 saturated heterocycles. The van der Waals surface area contributed by atoms with Crippen molar-refractivity contribution in [3.63, 3.8) is 0 Å². The molecular formula is C17H23NO5. The van der Waals surface area contributed by atoms with Gasteiger partial charge in [-0.25, -0.2) is 0 Å². The highest BCUT2D eigenvalue weighted by molar-refractivity contribution is 5.78. The van der Waals surface area contributed by atoms with E-state index in [2.05, 4.69) is 0 Å². The molecule has 0 aromatic heterocycles. The molecule has 1 aliphatic heterocycles. The summed E-state index contributed by atoms with van der Waals surface area (Å²) in [5.41, 5.74) is 2.21. The molecule has 1 heterocycles. The Labute approximate surface area is 136 Å². The topological polar surface area (TPSA) is 76.1 Å². The Hall–Kier alpha value is -2.24. The number of ether oxygens (including phenoxy) is 2. The largest absolute Gasteiger partial charge is 0.493 e. The van der Waals surface area contributed by atoms with Crippen molar-refractivity contribution in [3.05, 3.63) is 23.3 Å². The van der Waals surface area contributed by atoms with Gasteiger partial charge in [0.05, 0.1) is 20.3 Å². The predicted molar refractivity (Wildman–Crippen MR) is 84.9 cm³/mol. The Bertz CT molecular complexity index is 599. The van der Waals surface area contributed by atoms with Crippen molar-refractivity contribution in [2.24, 2.45) is 0 Å². The molecule has 1 aliphatic rings. The number of carboxylic acid groups (broad SMARTS) is 1. The van der Waals surface area contributed by atoms with Gasteiger partial charge in [-0.15, -0.1) is 0 Å². The van der Waals surface area contributed by atoms with Crippen LogP contribution in [0.3, 0.4) is 0 Å². The molecule has 0 spiro atoms. The van der Waals surface area contributed by atoms with E-state index in [-0.39, 0.29) is 24.8 Å². The van der Waals surface area contributed by atoms with Crippen molar-refractivity contribution in [1.29, 1.82) is 0 Å². The number of aliphatic carboxylic acids is 1. The summed E-state index contributed by atoms with van der Waals surface area (Å²) in [7, 11) is 3.20. The number of hydrogen-bond acceptors (Lipinski definition) is 4. The minimum absolute atomic E-state index is 0.000755. The van der Waals surface area contributed by atoms with E-state index < -0.39 is 5.97 Å². The van der Waals surface area contributed by atoms with Gasteiger partial charge in [-0.05, 0) is 43.0 Å². The second-order valence-electron chi connectivity index (χ2n) is 5.67. The first-order valence-corrected chi connectivity index (χ1v) is 7.74. The number of carbonyl (C=O) groups is 2. The molecule has 0 bridgehead atoms. The summed E-state index contributed by atoms with van der Waals surface area (Å²) in [5, 5.41) is 8.68. The van der Waals surface area contributed by atoms with Crippen LogP contribution in [0.25, 0.3) is 0 Å². The SMILES string of the molecule is COc1cc2c(cc1OC)C(C)N(C(=O)CCCC(=O)O)CC2. The lowest BCUT2D eigenvalue weighted by Crippen LogP contribution is -2.38. The summed E-state index contributed by atoms with van der Waals surface area (Å²) in [6, 6.07) is 3.84. The van der Waals surface area contributed by atoms with E-state index in [1.165, 1.54) is 0 Å². The molecular weight excluding hydrogens is 298 g/mol. The van der Waals surface area contributed by atoms with Gasteiger partial charge >= 0.3 is 5.97 Å². The number of fused-ring (bicyclic) bond motifs is 1. The first-order chi connectivity index (χ1) is 11.0. The third kappa shape index (κ3) is 3.75. The van der Waals surface area contributed by atoms with E-state index in [0.717, 1.165) is 17.5 Å². The van der Waals surface area contributed by atoms with E-state index in [1.807, 2.05) is 24.0 Å². The van der Waals surface area contributed by atoms with E-state index in [1.54, 1.807) is 14.2 Å². The zero-order valence-corrected chi connectivity index (χ0v) is 13.8. The Morgan fingerprint density at radius 1 is 1.22 bits per heavy atom. The Kier molecular flexibility index (Phi) is 5.47. The fourth-order valence-corrected chi connectivity index (χ4v) is 3.02. The van der Waals surface area contributed by atoms with Gasteiger partial charge in [0.2, 0.25) is 5.91 Å². The predicted octanol–water partition coefficient (Wildman–Crippen LogP) is 2.40. The van der Waals surface area contributed by atoms with Crippen molar-refractivity contribution in [3.8, 4) is 11.5 Å². The van der Waals surface area contributed by atoms with Gasteiger partial charge in [0, 0.05) is 19.4 Å². The summed E-state index contributed by atoms with van der Waals surface area (Å²) < 4.78 is 10.7. The third-order valence-electron chi connectivity index (χ3n) is 4.29. The summed E-state index contributed by atoms with van der Waals surface area (Å²) in [4.78, 5) is 24.7. The minimum Gasteiger partial charge on any atom is -0.493 e. The van der Waals surface area contributed by atoms with Crippen molar-refractivity contribution in [2.45, 2.75) is 38.6 Å². The van der Waals surface area contributed by atoms with E-state index >= 15 is 0 Å². The van der Waals surface area contributed by atoms with Crippen molar-refractivity contribution >= 4 is 11.9 Å². The molecule has 1 unspecified atom stereocenters. The zero-order valence-electron chi connectivity index (χ0n) is 13.8. The van der Waals surface area contributed by atoms with Crippen LogP contribution in [0.15, 0.2) is 12.1 Å². The van der Waals surface area contributed by atoms with Crippen molar-refractivity contribution < 1.29 is 24.2 Å². The molecule has 0 aliphatic carbocycles. The first-order valence-electron chi connectivity index (χ1n) is 7.74. The average molecular weight is 321 g/mol. The zero-order chi connectivity index (χ0) is 17.0. The van der Waals surface area contributed by atoms with E-state index in [9.17, 15) is 9.59 Å².